The highest BCUT2D eigenvalue weighted by Gasteiger charge is 2.09. The molecule has 2 rings (SSSR count). The molecule has 0 fully saturated rings. The Labute approximate surface area is 179 Å². The fourth-order valence-corrected chi connectivity index (χ4v) is 2.68. The lowest BCUT2D eigenvalue weighted by molar-refractivity contribution is 0.372. The van der Waals surface area contributed by atoms with Gasteiger partial charge in [-0.3, -0.25) is 4.99 Å². The van der Waals surface area contributed by atoms with E-state index < -0.39 is 0 Å². The van der Waals surface area contributed by atoms with E-state index in [0.717, 1.165) is 37.0 Å². The summed E-state index contributed by atoms with van der Waals surface area (Å²) in [6.07, 6.45) is 0. The number of hydrogen-bond acceptors (Lipinski definition) is 4. The summed E-state index contributed by atoms with van der Waals surface area (Å²) >= 11 is 0. The average Bonchev–Trinajstić information content (AvgIpc) is 3.10. The van der Waals surface area contributed by atoms with Gasteiger partial charge in [0.1, 0.15) is 0 Å². The van der Waals surface area contributed by atoms with Gasteiger partial charge in [-0.25, -0.2) is 0 Å². The van der Waals surface area contributed by atoms with E-state index >= 15 is 0 Å². The van der Waals surface area contributed by atoms with Crippen molar-refractivity contribution in [3.8, 4) is 0 Å². The Morgan fingerprint density at radius 2 is 2.04 bits per heavy atom. The third-order valence-electron chi connectivity index (χ3n) is 4.25. The summed E-state index contributed by atoms with van der Waals surface area (Å²) in [5.41, 5.74) is 3.50. The number of rotatable bonds is 8. The van der Waals surface area contributed by atoms with Gasteiger partial charge in [0.25, 0.3) is 0 Å². The highest BCUT2D eigenvalue weighted by Crippen LogP contribution is 2.15. The van der Waals surface area contributed by atoms with E-state index in [1.807, 2.05) is 6.07 Å². The molecule has 0 aliphatic carbocycles. The topological polar surface area (TPSA) is 65.7 Å². The lowest BCUT2D eigenvalue weighted by atomic mass is 10.1. The lowest BCUT2D eigenvalue weighted by Gasteiger charge is -2.24. The normalized spacial score (nSPS) is 11.3. The maximum absolute atomic E-state index is 5.35. The van der Waals surface area contributed by atoms with Crippen LogP contribution in [0.5, 0.6) is 0 Å². The Balaban J connectivity index is 0.00000364. The molecule has 27 heavy (non-hydrogen) atoms. The van der Waals surface area contributed by atoms with Crippen LogP contribution in [0.25, 0.3) is 0 Å². The van der Waals surface area contributed by atoms with Gasteiger partial charge in [-0.15, -0.1) is 24.0 Å². The first-order chi connectivity index (χ1) is 12.5. The van der Waals surface area contributed by atoms with Gasteiger partial charge in [0.05, 0.1) is 12.2 Å². The number of anilines is 1. The predicted molar refractivity (Wildman–Crippen MR) is 123 cm³/mol. The van der Waals surface area contributed by atoms with Crippen molar-refractivity contribution in [2.24, 2.45) is 4.99 Å². The summed E-state index contributed by atoms with van der Waals surface area (Å²) in [5, 5.41) is 10.7. The first-order valence-electron chi connectivity index (χ1n) is 9.25. The van der Waals surface area contributed by atoms with Crippen molar-refractivity contribution in [3.63, 3.8) is 0 Å². The van der Waals surface area contributed by atoms with E-state index in [4.69, 9.17) is 4.52 Å². The van der Waals surface area contributed by atoms with Gasteiger partial charge in [0.15, 0.2) is 11.7 Å². The van der Waals surface area contributed by atoms with Crippen LogP contribution in [0.4, 0.5) is 5.69 Å². The SMILES string of the molecule is CCN(CCNC(=NC)NCc1cc(C(C)C)no1)c1cccc(C)c1.I. The van der Waals surface area contributed by atoms with E-state index in [1.54, 1.807) is 7.05 Å². The number of likely N-dealkylation sites (N-methyl/N-ethyl adjacent to an activating group) is 1. The van der Waals surface area contributed by atoms with Gasteiger partial charge in [-0.2, -0.15) is 0 Å². The molecular weight excluding hydrogens is 453 g/mol. The van der Waals surface area contributed by atoms with Crippen LogP contribution in [-0.2, 0) is 6.54 Å². The summed E-state index contributed by atoms with van der Waals surface area (Å²) in [5.74, 6) is 1.94. The van der Waals surface area contributed by atoms with E-state index in [9.17, 15) is 0 Å². The molecule has 0 amide bonds. The van der Waals surface area contributed by atoms with Gasteiger partial charge in [-0.1, -0.05) is 31.1 Å². The molecule has 1 aromatic carbocycles. The van der Waals surface area contributed by atoms with Gasteiger partial charge < -0.3 is 20.1 Å². The number of guanidine groups is 1. The Hall–Kier alpha value is -1.77. The Bertz CT molecular complexity index is 714. The third-order valence-corrected chi connectivity index (χ3v) is 4.25. The van der Waals surface area contributed by atoms with Crippen molar-refractivity contribution in [2.45, 2.75) is 40.2 Å². The molecule has 6 nitrogen and oxygen atoms in total. The fourth-order valence-electron chi connectivity index (χ4n) is 2.68. The van der Waals surface area contributed by atoms with E-state index in [0.29, 0.717) is 12.5 Å². The molecule has 2 aromatic rings. The molecule has 0 spiro atoms. The number of aromatic nitrogens is 1. The summed E-state index contributed by atoms with van der Waals surface area (Å²) in [6, 6.07) is 10.6. The van der Waals surface area contributed by atoms with Crippen molar-refractivity contribution in [2.75, 3.05) is 31.6 Å². The minimum absolute atomic E-state index is 0. The van der Waals surface area contributed by atoms with E-state index in [2.05, 4.69) is 77.6 Å². The van der Waals surface area contributed by atoms with Gasteiger partial charge >= 0.3 is 0 Å². The van der Waals surface area contributed by atoms with Crippen LogP contribution in [-0.4, -0.2) is 37.8 Å². The number of halogens is 1. The molecule has 0 aliphatic heterocycles. The summed E-state index contributed by atoms with van der Waals surface area (Å²) in [7, 11) is 1.77. The van der Waals surface area contributed by atoms with Crippen LogP contribution in [0, 0.1) is 6.92 Å². The quantitative estimate of drug-likeness (QED) is 0.337. The predicted octanol–water partition coefficient (Wildman–Crippen LogP) is 3.92. The van der Waals surface area contributed by atoms with Crippen LogP contribution in [0.1, 0.15) is 43.7 Å². The first-order valence-corrected chi connectivity index (χ1v) is 9.25. The number of aliphatic imine (C=N–C) groups is 1. The highest BCUT2D eigenvalue weighted by molar-refractivity contribution is 14.0. The Morgan fingerprint density at radius 1 is 1.26 bits per heavy atom. The number of hydrogen-bond donors (Lipinski definition) is 2. The van der Waals surface area contributed by atoms with Gasteiger partial charge in [-0.05, 0) is 37.5 Å². The van der Waals surface area contributed by atoms with Crippen LogP contribution in [0.15, 0.2) is 39.8 Å². The smallest absolute Gasteiger partial charge is 0.191 e. The number of nitrogens with one attached hydrogen (secondary N) is 2. The first kappa shape index (κ1) is 23.3. The van der Waals surface area contributed by atoms with Crippen LogP contribution in [0.3, 0.4) is 0 Å². The molecule has 0 unspecified atom stereocenters. The molecule has 0 aliphatic rings. The van der Waals surface area contributed by atoms with Crippen molar-refractivity contribution in [3.05, 3.63) is 47.3 Å². The Kier molecular flexibility index (Phi) is 10.2. The van der Waals surface area contributed by atoms with Crippen LogP contribution >= 0.6 is 24.0 Å². The Morgan fingerprint density at radius 3 is 2.63 bits per heavy atom. The van der Waals surface area contributed by atoms with Crippen LogP contribution < -0.4 is 15.5 Å². The maximum Gasteiger partial charge on any atom is 0.191 e. The molecule has 2 N–H and O–H groups in total. The zero-order valence-electron chi connectivity index (χ0n) is 17.0. The summed E-state index contributed by atoms with van der Waals surface area (Å²) in [6.45, 7) is 11.7. The largest absolute Gasteiger partial charge is 0.370 e. The summed E-state index contributed by atoms with van der Waals surface area (Å²) < 4.78 is 5.35. The maximum atomic E-state index is 5.35. The minimum Gasteiger partial charge on any atom is -0.370 e. The number of nitrogens with zero attached hydrogens (tertiary/aromatic N) is 3. The molecule has 150 valence electrons. The second-order valence-electron chi connectivity index (χ2n) is 6.64. The lowest BCUT2D eigenvalue weighted by Crippen LogP contribution is -2.41. The third kappa shape index (κ3) is 7.40. The molecule has 1 heterocycles. The average molecular weight is 485 g/mol. The van der Waals surface area contributed by atoms with Crippen molar-refractivity contribution < 1.29 is 4.52 Å². The number of aryl methyl sites for hydroxylation is 1. The fraction of sp³-hybridized carbons (Fsp3) is 0.500. The second kappa shape index (κ2) is 11.8. The van der Waals surface area contributed by atoms with Crippen molar-refractivity contribution >= 4 is 35.6 Å². The molecule has 0 bridgehead atoms. The van der Waals surface area contributed by atoms with Crippen molar-refractivity contribution in [1.82, 2.24) is 15.8 Å². The highest BCUT2D eigenvalue weighted by atomic mass is 127. The van der Waals surface area contributed by atoms with Gasteiger partial charge in [0.2, 0.25) is 0 Å². The molecule has 1 aromatic heterocycles. The van der Waals surface area contributed by atoms with Crippen LogP contribution in [0.2, 0.25) is 0 Å². The van der Waals surface area contributed by atoms with E-state index in [-0.39, 0.29) is 24.0 Å². The summed E-state index contributed by atoms with van der Waals surface area (Å²) in [4.78, 5) is 6.61. The molecule has 0 saturated heterocycles. The van der Waals surface area contributed by atoms with Crippen molar-refractivity contribution in [1.29, 1.82) is 0 Å². The second-order valence-corrected chi connectivity index (χ2v) is 6.64. The molecule has 0 saturated carbocycles. The minimum atomic E-state index is 0. The standard InChI is InChI=1S/C20H31N5O.HI/c1-6-25(17-9-7-8-16(4)12-17)11-10-22-20(21-5)23-14-18-13-19(15(2)3)24-26-18;/h7-9,12-13,15H,6,10-11,14H2,1-5H3,(H2,21,22,23);1H. The number of benzene rings is 1. The zero-order chi connectivity index (χ0) is 18.9. The zero-order valence-corrected chi connectivity index (χ0v) is 19.3. The van der Waals surface area contributed by atoms with Gasteiger partial charge in [0, 0.05) is 38.4 Å². The molecule has 0 atom stereocenters. The monoisotopic (exact) mass is 485 g/mol. The molecule has 0 radical (unpaired) electrons. The molecule has 7 heteroatoms. The van der Waals surface area contributed by atoms with E-state index in [1.165, 1.54) is 11.3 Å². The molecular formula is C20H32IN5O.